The van der Waals surface area contributed by atoms with Crippen LogP contribution in [-0.4, -0.2) is 37.4 Å². The monoisotopic (exact) mass is 217 g/mol. The van der Waals surface area contributed by atoms with Gasteiger partial charge in [-0.25, -0.2) is 0 Å². The lowest BCUT2D eigenvalue weighted by atomic mass is 10.2. The number of carbonyl (C=O) groups is 1. The zero-order valence-electron chi connectivity index (χ0n) is 9.63. The van der Waals surface area contributed by atoms with Crippen molar-refractivity contribution in [2.24, 2.45) is 0 Å². The largest absolute Gasteiger partial charge is 0.396 e. The lowest BCUT2D eigenvalue weighted by Gasteiger charge is -2.05. The third kappa shape index (κ3) is 11.3. The Balaban J connectivity index is 3.06. The van der Waals surface area contributed by atoms with E-state index in [0.29, 0.717) is 32.6 Å². The number of carbonyl (C=O) groups excluding carboxylic acids is 1. The average Bonchev–Trinajstić information content (AvgIpc) is 2.25. The highest BCUT2D eigenvalue weighted by molar-refractivity contribution is 5.75. The highest BCUT2D eigenvalue weighted by Crippen LogP contribution is 1.93. The fourth-order valence-electron chi connectivity index (χ4n) is 1.10. The summed E-state index contributed by atoms with van der Waals surface area (Å²) in [7, 11) is 0. The van der Waals surface area contributed by atoms with Crippen LogP contribution >= 0.6 is 0 Å². The molecular formula is C11H23NO3. The summed E-state index contributed by atoms with van der Waals surface area (Å²) in [6.45, 7) is 4.17. The molecule has 0 rings (SSSR count). The SMILES string of the molecule is CCCCC(=O)NCCCOCCCO. The van der Waals surface area contributed by atoms with Crippen LogP contribution in [0, 0.1) is 0 Å². The number of ether oxygens (including phenoxy) is 1. The van der Waals surface area contributed by atoms with E-state index in [1.807, 2.05) is 0 Å². The first-order chi connectivity index (χ1) is 7.31. The zero-order chi connectivity index (χ0) is 11.4. The molecule has 0 radical (unpaired) electrons. The molecule has 0 spiro atoms. The Morgan fingerprint density at radius 1 is 1.27 bits per heavy atom. The predicted molar refractivity (Wildman–Crippen MR) is 59.7 cm³/mol. The molecule has 0 heterocycles. The molecule has 0 saturated carbocycles. The minimum Gasteiger partial charge on any atom is -0.396 e. The van der Waals surface area contributed by atoms with E-state index in [1.54, 1.807) is 0 Å². The molecule has 0 aliphatic rings. The first-order valence-corrected chi connectivity index (χ1v) is 5.76. The van der Waals surface area contributed by atoms with Crippen LogP contribution in [0.5, 0.6) is 0 Å². The van der Waals surface area contributed by atoms with E-state index < -0.39 is 0 Å². The van der Waals surface area contributed by atoms with Crippen LogP contribution in [-0.2, 0) is 9.53 Å². The smallest absolute Gasteiger partial charge is 0.219 e. The summed E-state index contributed by atoms with van der Waals surface area (Å²) in [4.78, 5) is 11.2. The van der Waals surface area contributed by atoms with Crippen LogP contribution in [0.3, 0.4) is 0 Å². The van der Waals surface area contributed by atoms with Gasteiger partial charge in [0.2, 0.25) is 5.91 Å². The first kappa shape index (κ1) is 14.4. The van der Waals surface area contributed by atoms with Crippen molar-refractivity contribution in [3.8, 4) is 0 Å². The number of hydrogen-bond donors (Lipinski definition) is 2. The summed E-state index contributed by atoms with van der Waals surface area (Å²) in [5.74, 6) is 0.132. The van der Waals surface area contributed by atoms with Gasteiger partial charge in [0.15, 0.2) is 0 Å². The fourth-order valence-corrected chi connectivity index (χ4v) is 1.10. The molecule has 0 unspecified atom stereocenters. The maximum atomic E-state index is 11.2. The zero-order valence-corrected chi connectivity index (χ0v) is 9.63. The van der Waals surface area contributed by atoms with E-state index in [2.05, 4.69) is 12.2 Å². The molecule has 0 fully saturated rings. The third-order valence-corrected chi connectivity index (χ3v) is 1.99. The lowest BCUT2D eigenvalue weighted by Crippen LogP contribution is -2.24. The molecule has 1 amide bonds. The van der Waals surface area contributed by atoms with Crippen LogP contribution in [0.4, 0.5) is 0 Å². The van der Waals surface area contributed by atoms with Crippen molar-refractivity contribution >= 4 is 5.91 Å². The standard InChI is InChI=1S/C11H23NO3/c1-2-3-6-11(14)12-7-4-9-15-10-5-8-13/h13H,2-10H2,1H3,(H,12,14). The molecular weight excluding hydrogens is 194 g/mol. The Morgan fingerprint density at radius 2 is 2.00 bits per heavy atom. The molecule has 0 aromatic heterocycles. The normalized spacial score (nSPS) is 10.3. The fraction of sp³-hybridized carbons (Fsp3) is 0.909. The quantitative estimate of drug-likeness (QED) is 0.538. The van der Waals surface area contributed by atoms with Gasteiger partial charge in [-0.1, -0.05) is 13.3 Å². The minimum atomic E-state index is 0.132. The van der Waals surface area contributed by atoms with Gasteiger partial charge in [-0.2, -0.15) is 0 Å². The van der Waals surface area contributed by atoms with Crippen molar-refractivity contribution in [3.05, 3.63) is 0 Å². The molecule has 0 aromatic rings. The van der Waals surface area contributed by atoms with Crippen LogP contribution in [0.2, 0.25) is 0 Å². The summed E-state index contributed by atoms with van der Waals surface area (Å²) in [6, 6.07) is 0. The molecule has 0 aliphatic carbocycles. The summed E-state index contributed by atoms with van der Waals surface area (Å²) in [5.41, 5.74) is 0. The number of nitrogens with one attached hydrogen (secondary N) is 1. The van der Waals surface area contributed by atoms with Crippen LogP contribution in [0.1, 0.15) is 39.0 Å². The molecule has 0 saturated heterocycles. The van der Waals surface area contributed by atoms with Gasteiger partial charge in [-0.3, -0.25) is 4.79 Å². The third-order valence-electron chi connectivity index (χ3n) is 1.99. The van der Waals surface area contributed by atoms with Gasteiger partial charge in [0.05, 0.1) is 0 Å². The maximum absolute atomic E-state index is 11.2. The van der Waals surface area contributed by atoms with Crippen molar-refractivity contribution < 1.29 is 14.6 Å². The van der Waals surface area contributed by atoms with Gasteiger partial charge < -0.3 is 15.2 Å². The van der Waals surface area contributed by atoms with Crippen LogP contribution < -0.4 is 5.32 Å². The van der Waals surface area contributed by atoms with Gasteiger partial charge in [0.1, 0.15) is 0 Å². The number of aliphatic hydroxyl groups is 1. The lowest BCUT2D eigenvalue weighted by molar-refractivity contribution is -0.121. The van der Waals surface area contributed by atoms with E-state index in [9.17, 15) is 4.79 Å². The first-order valence-electron chi connectivity index (χ1n) is 5.76. The van der Waals surface area contributed by atoms with Gasteiger partial charge in [0, 0.05) is 32.8 Å². The number of amides is 1. The molecule has 0 aliphatic heterocycles. The minimum absolute atomic E-state index is 0.132. The van der Waals surface area contributed by atoms with E-state index >= 15 is 0 Å². The second-order valence-electron chi connectivity index (χ2n) is 3.50. The summed E-state index contributed by atoms with van der Waals surface area (Å²) >= 11 is 0. The molecule has 4 heteroatoms. The van der Waals surface area contributed by atoms with E-state index in [4.69, 9.17) is 9.84 Å². The average molecular weight is 217 g/mol. The van der Waals surface area contributed by atoms with Gasteiger partial charge >= 0.3 is 0 Å². The molecule has 0 aromatic carbocycles. The molecule has 4 nitrogen and oxygen atoms in total. The molecule has 15 heavy (non-hydrogen) atoms. The molecule has 0 atom stereocenters. The van der Waals surface area contributed by atoms with E-state index in [0.717, 1.165) is 19.3 Å². The highest BCUT2D eigenvalue weighted by Gasteiger charge is 1.98. The predicted octanol–water partition coefficient (Wildman–Crippen LogP) is 1.08. The van der Waals surface area contributed by atoms with Crippen molar-refractivity contribution in [2.45, 2.75) is 39.0 Å². The van der Waals surface area contributed by atoms with Crippen molar-refractivity contribution in [1.82, 2.24) is 5.32 Å². The Kier molecular flexibility index (Phi) is 11.0. The molecule has 2 N–H and O–H groups in total. The van der Waals surface area contributed by atoms with Gasteiger partial charge in [-0.15, -0.1) is 0 Å². The number of unbranched alkanes of at least 4 members (excludes halogenated alkanes) is 1. The Labute approximate surface area is 92.0 Å². The Hall–Kier alpha value is -0.610. The Bertz CT molecular complexity index is 151. The highest BCUT2D eigenvalue weighted by atomic mass is 16.5. The van der Waals surface area contributed by atoms with Crippen molar-refractivity contribution in [3.63, 3.8) is 0 Å². The van der Waals surface area contributed by atoms with Crippen molar-refractivity contribution in [2.75, 3.05) is 26.4 Å². The van der Waals surface area contributed by atoms with Gasteiger partial charge in [0.25, 0.3) is 0 Å². The van der Waals surface area contributed by atoms with Crippen LogP contribution in [0.25, 0.3) is 0 Å². The number of aliphatic hydroxyl groups excluding tert-OH is 1. The summed E-state index contributed by atoms with van der Waals surface area (Å²) in [5, 5.41) is 11.3. The van der Waals surface area contributed by atoms with E-state index in [1.165, 1.54) is 0 Å². The van der Waals surface area contributed by atoms with Crippen LogP contribution in [0.15, 0.2) is 0 Å². The van der Waals surface area contributed by atoms with Gasteiger partial charge in [-0.05, 0) is 19.3 Å². The maximum Gasteiger partial charge on any atom is 0.219 e. The molecule has 0 bridgehead atoms. The number of hydrogen-bond acceptors (Lipinski definition) is 3. The van der Waals surface area contributed by atoms with Crippen molar-refractivity contribution in [1.29, 1.82) is 0 Å². The molecule has 90 valence electrons. The number of rotatable bonds is 10. The Morgan fingerprint density at radius 3 is 2.67 bits per heavy atom. The topological polar surface area (TPSA) is 58.6 Å². The summed E-state index contributed by atoms with van der Waals surface area (Å²) in [6.07, 6.45) is 4.16. The van der Waals surface area contributed by atoms with E-state index in [-0.39, 0.29) is 12.5 Å². The second kappa shape index (κ2) is 11.5. The second-order valence-corrected chi connectivity index (χ2v) is 3.50. The summed E-state index contributed by atoms with van der Waals surface area (Å²) < 4.78 is 5.23.